The van der Waals surface area contributed by atoms with Crippen LogP contribution in [0.5, 0.6) is 0 Å². The molecule has 0 atom stereocenters. The summed E-state index contributed by atoms with van der Waals surface area (Å²) in [4.78, 5) is 19.1. The number of H-pyrrole nitrogens is 1. The molecule has 0 spiro atoms. The summed E-state index contributed by atoms with van der Waals surface area (Å²) in [6.45, 7) is 0.168. The minimum atomic E-state index is -0.448. The zero-order valence-electron chi connectivity index (χ0n) is 11.4. The second kappa shape index (κ2) is 5.50. The van der Waals surface area contributed by atoms with Gasteiger partial charge in [0.25, 0.3) is 0 Å². The molecule has 3 rings (SSSR count). The predicted molar refractivity (Wildman–Crippen MR) is 78.9 cm³/mol. The number of hydrogen-bond acceptors (Lipinski definition) is 4. The Hall–Kier alpha value is -1.85. The number of halogens is 1. The highest BCUT2D eigenvalue weighted by atomic mass is 35.5. The molecule has 1 fully saturated rings. The highest BCUT2D eigenvalue weighted by Crippen LogP contribution is 2.36. The molecule has 0 aliphatic heterocycles. The van der Waals surface area contributed by atoms with Gasteiger partial charge in [0.05, 0.1) is 11.7 Å². The lowest BCUT2D eigenvalue weighted by Crippen LogP contribution is -2.44. The minimum Gasteiger partial charge on any atom is -0.456 e. The van der Waals surface area contributed by atoms with E-state index in [1.54, 1.807) is 12.1 Å². The molecule has 0 amide bonds. The molecule has 1 aromatic heterocycles. The lowest BCUT2D eigenvalue weighted by molar-refractivity contribution is 0.0466. The summed E-state index contributed by atoms with van der Waals surface area (Å²) in [7, 11) is 0. The molecule has 1 heterocycles. The van der Waals surface area contributed by atoms with Gasteiger partial charge in [-0.25, -0.2) is 9.78 Å². The van der Waals surface area contributed by atoms with Crippen molar-refractivity contribution in [3.8, 4) is 0 Å². The van der Waals surface area contributed by atoms with Crippen molar-refractivity contribution in [3.05, 3.63) is 52.6 Å². The normalized spacial score (nSPS) is 16.3. The Morgan fingerprint density at radius 3 is 2.95 bits per heavy atom. The van der Waals surface area contributed by atoms with Gasteiger partial charge in [-0.1, -0.05) is 23.7 Å². The van der Waals surface area contributed by atoms with Gasteiger partial charge in [0, 0.05) is 5.02 Å². The second-order valence-electron chi connectivity index (χ2n) is 5.36. The number of benzene rings is 1. The third-order valence-electron chi connectivity index (χ3n) is 3.77. The molecule has 1 saturated carbocycles. The quantitative estimate of drug-likeness (QED) is 0.851. The van der Waals surface area contributed by atoms with Crippen LogP contribution in [0.3, 0.4) is 0 Å². The minimum absolute atomic E-state index is 0.168. The molecule has 0 saturated heterocycles. The molecule has 3 N–H and O–H groups in total. The lowest BCUT2D eigenvalue weighted by atomic mass is 9.77. The van der Waals surface area contributed by atoms with E-state index in [1.807, 2.05) is 12.1 Å². The lowest BCUT2D eigenvalue weighted by Gasteiger charge is -2.35. The van der Waals surface area contributed by atoms with E-state index in [-0.39, 0.29) is 6.61 Å². The van der Waals surface area contributed by atoms with Gasteiger partial charge in [-0.2, -0.15) is 0 Å². The molecule has 5 nitrogen and oxygen atoms in total. The summed E-state index contributed by atoms with van der Waals surface area (Å²) < 4.78 is 5.24. The fourth-order valence-corrected chi connectivity index (χ4v) is 2.54. The predicted octanol–water partition coefficient (Wildman–Crippen LogP) is 2.76. The fraction of sp³-hybridized carbons (Fsp3) is 0.333. The van der Waals surface area contributed by atoms with Crippen LogP contribution in [-0.2, 0) is 16.9 Å². The van der Waals surface area contributed by atoms with Crippen molar-refractivity contribution >= 4 is 17.6 Å². The SMILES string of the molecule is NC1(c2ncc(C(=O)OCc3cccc(Cl)c3)[nH]2)CCC1. The maximum atomic E-state index is 12.0. The van der Waals surface area contributed by atoms with Crippen LogP contribution in [0, 0.1) is 0 Å². The van der Waals surface area contributed by atoms with Crippen molar-refractivity contribution in [1.82, 2.24) is 9.97 Å². The van der Waals surface area contributed by atoms with Crippen LogP contribution in [-0.4, -0.2) is 15.9 Å². The van der Waals surface area contributed by atoms with Gasteiger partial charge in [-0.15, -0.1) is 0 Å². The number of nitrogens with one attached hydrogen (secondary N) is 1. The zero-order valence-corrected chi connectivity index (χ0v) is 12.2. The molecule has 0 radical (unpaired) electrons. The zero-order chi connectivity index (χ0) is 14.9. The van der Waals surface area contributed by atoms with E-state index in [9.17, 15) is 4.79 Å². The molecule has 0 unspecified atom stereocenters. The molecule has 6 heteroatoms. The Morgan fingerprint density at radius 2 is 2.29 bits per heavy atom. The van der Waals surface area contributed by atoms with Crippen LogP contribution < -0.4 is 5.73 Å². The number of rotatable bonds is 4. The molecular formula is C15H16ClN3O2. The summed E-state index contributed by atoms with van der Waals surface area (Å²) in [5, 5.41) is 0.613. The average Bonchev–Trinajstić information content (AvgIpc) is 2.92. The summed E-state index contributed by atoms with van der Waals surface area (Å²) in [5.41, 5.74) is 6.91. The van der Waals surface area contributed by atoms with E-state index in [0.29, 0.717) is 16.5 Å². The van der Waals surface area contributed by atoms with E-state index in [2.05, 4.69) is 9.97 Å². The number of hydrogen-bond donors (Lipinski definition) is 2. The monoisotopic (exact) mass is 305 g/mol. The molecule has 110 valence electrons. The number of imidazole rings is 1. The summed E-state index contributed by atoms with van der Waals surface area (Å²) in [5.74, 6) is 0.208. The molecular weight excluding hydrogens is 290 g/mol. The molecule has 0 bridgehead atoms. The van der Waals surface area contributed by atoms with Crippen LogP contribution >= 0.6 is 11.6 Å². The molecule has 1 aliphatic rings. The number of ether oxygens (including phenoxy) is 1. The average molecular weight is 306 g/mol. The van der Waals surface area contributed by atoms with Crippen molar-refractivity contribution in [2.75, 3.05) is 0 Å². The van der Waals surface area contributed by atoms with Gasteiger partial charge < -0.3 is 15.5 Å². The first-order chi connectivity index (χ1) is 10.1. The van der Waals surface area contributed by atoms with E-state index >= 15 is 0 Å². The van der Waals surface area contributed by atoms with Crippen LogP contribution in [0.1, 0.15) is 41.1 Å². The summed E-state index contributed by atoms with van der Waals surface area (Å²) in [6, 6.07) is 7.19. The number of aromatic nitrogens is 2. The Morgan fingerprint density at radius 1 is 1.48 bits per heavy atom. The van der Waals surface area contributed by atoms with Crippen molar-refractivity contribution in [2.45, 2.75) is 31.4 Å². The van der Waals surface area contributed by atoms with Gasteiger partial charge in [0.2, 0.25) is 0 Å². The Bertz CT molecular complexity index is 664. The number of esters is 1. The van der Waals surface area contributed by atoms with Crippen molar-refractivity contribution < 1.29 is 9.53 Å². The first kappa shape index (κ1) is 14.1. The van der Waals surface area contributed by atoms with Crippen molar-refractivity contribution in [3.63, 3.8) is 0 Å². The number of carbonyl (C=O) groups excluding carboxylic acids is 1. The van der Waals surface area contributed by atoms with Crippen LogP contribution in [0.4, 0.5) is 0 Å². The number of nitrogens with two attached hydrogens (primary N) is 1. The maximum absolute atomic E-state index is 12.0. The first-order valence-corrected chi connectivity index (χ1v) is 7.21. The molecule has 2 aromatic rings. The van der Waals surface area contributed by atoms with Crippen LogP contribution in [0.2, 0.25) is 5.02 Å². The van der Waals surface area contributed by atoms with Gasteiger partial charge in [0.1, 0.15) is 18.1 Å². The summed E-state index contributed by atoms with van der Waals surface area (Å²) in [6.07, 6.45) is 4.34. The third kappa shape index (κ3) is 2.94. The van der Waals surface area contributed by atoms with Gasteiger partial charge in [0.15, 0.2) is 0 Å². The number of nitrogens with zero attached hydrogens (tertiary/aromatic N) is 1. The van der Waals surface area contributed by atoms with Crippen LogP contribution in [0.15, 0.2) is 30.5 Å². The Balaban J connectivity index is 1.63. The largest absolute Gasteiger partial charge is 0.456 e. The highest BCUT2D eigenvalue weighted by Gasteiger charge is 2.37. The highest BCUT2D eigenvalue weighted by molar-refractivity contribution is 6.30. The van der Waals surface area contributed by atoms with Gasteiger partial charge >= 0.3 is 5.97 Å². The standard InChI is InChI=1S/C15H16ClN3O2/c16-11-4-1-3-10(7-11)9-21-13(20)12-8-18-14(19-12)15(17)5-2-6-15/h1,3-4,7-8H,2,5-6,9,17H2,(H,18,19). The number of carbonyl (C=O) groups is 1. The maximum Gasteiger partial charge on any atom is 0.356 e. The van der Waals surface area contributed by atoms with Gasteiger partial charge in [-0.3, -0.25) is 0 Å². The molecule has 21 heavy (non-hydrogen) atoms. The van der Waals surface area contributed by atoms with Crippen molar-refractivity contribution in [2.24, 2.45) is 5.73 Å². The summed E-state index contributed by atoms with van der Waals surface area (Å²) >= 11 is 5.88. The third-order valence-corrected chi connectivity index (χ3v) is 4.01. The van der Waals surface area contributed by atoms with Gasteiger partial charge in [-0.05, 0) is 37.0 Å². The fourth-order valence-electron chi connectivity index (χ4n) is 2.33. The molecule has 1 aliphatic carbocycles. The van der Waals surface area contributed by atoms with E-state index in [4.69, 9.17) is 22.1 Å². The number of aromatic amines is 1. The smallest absolute Gasteiger partial charge is 0.356 e. The van der Waals surface area contributed by atoms with Crippen molar-refractivity contribution in [1.29, 1.82) is 0 Å². The Labute approximate surface area is 127 Å². The topological polar surface area (TPSA) is 81.0 Å². The second-order valence-corrected chi connectivity index (χ2v) is 5.80. The van der Waals surface area contributed by atoms with E-state index in [0.717, 1.165) is 24.8 Å². The van der Waals surface area contributed by atoms with Crippen LogP contribution in [0.25, 0.3) is 0 Å². The Kier molecular flexibility index (Phi) is 3.69. The van der Waals surface area contributed by atoms with E-state index < -0.39 is 11.5 Å². The first-order valence-electron chi connectivity index (χ1n) is 6.83. The van der Waals surface area contributed by atoms with E-state index in [1.165, 1.54) is 6.20 Å². The molecule has 1 aromatic carbocycles.